The third-order valence-electron chi connectivity index (χ3n) is 5.15. The minimum atomic E-state index is -0.414. The molecule has 1 heterocycles. The highest BCUT2D eigenvalue weighted by atomic mass is 16.5. The van der Waals surface area contributed by atoms with Crippen molar-refractivity contribution in [3.8, 4) is 5.75 Å². The van der Waals surface area contributed by atoms with Crippen molar-refractivity contribution in [1.82, 2.24) is 0 Å². The summed E-state index contributed by atoms with van der Waals surface area (Å²) < 4.78 is 5.40. The molecule has 0 unspecified atom stereocenters. The number of aryl methyl sites for hydroxylation is 2. The summed E-state index contributed by atoms with van der Waals surface area (Å²) in [7, 11) is 1.52. The maximum absolute atomic E-state index is 13.5. The second kappa shape index (κ2) is 7.87. The van der Waals surface area contributed by atoms with Gasteiger partial charge in [-0.15, -0.1) is 0 Å². The first-order valence-corrected chi connectivity index (χ1v) is 9.67. The monoisotopic (exact) mass is 398 g/mol. The van der Waals surface area contributed by atoms with Gasteiger partial charge >= 0.3 is 0 Å². The number of nitrogens with zero attached hydrogens (tertiary/aromatic N) is 1. The van der Waals surface area contributed by atoms with Gasteiger partial charge in [-0.25, -0.2) is 4.90 Å². The molecule has 30 heavy (non-hydrogen) atoms. The third kappa shape index (κ3) is 3.35. The van der Waals surface area contributed by atoms with Crippen molar-refractivity contribution in [1.29, 1.82) is 0 Å². The zero-order valence-corrected chi connectivity index (χ0v) is 17.1. The molecule has 0 aromatic heterocycles. The van der Waals surface area contributed by atoms with Crippen molar-refractivity contribution in [2.75, 3.05) is 17.3 Å². The van der Waals surface area contributed by atoms with E-state index in [9.17, 15) is 9.59 Å². The van der Waals surface area contributed by atoms with E-state index in [2.05, 4.69) is 5.32 Å². The molecule has 3 aromatic rings. The first kappa shape index (κ1) is 19.5. The summed E-state index contributed by atoms with van der Waals surface area (Å²) in [6, 6.07) is 22.2. The van der Waals surface area contributed by atoms with Crippen molar-refractivity contribution in [2.24, 2.45) is 0 Å². The molecule has 1 aliphatic rings. The van der Waals surface area contributed by atoms with Crippen molar-refractivity contribution in [2.45, 2.75) is 13.8 Å². The first-order valence-electron chi connectivity index (χ1n) is 9.67. The molecular formula is C25H22N2O3. The van der Waals surface area contributed by atoms with E-state index in [1.54, 1.807) is 24.3 Å². The van der Waals surface area contributed by atoms with Gasteiger partial charge in [0.15, 0.2) is 0 Å². The van der Waals surface area contributed by atoms with Crippen LogP contribution in [0.15, 0.2) is 78.5 Å². The van der Waals surface area contributed by atoms with Crippen molar-refractivity contribution in [3.05, 3.63) is 95.2 Å². The van der Waals surface area contributed by atoms with Gasteiger partial charge < -0.3 is 10.1 Å². The molecule has 1 aliphatic heterocycles. The van der Waals surface area contributed by atoms with Crippen molar-refractivity contribution >= 4 is 28.8 Å². The van der Waals surface area contributed by atoms with Crippen LogP contribution in [0.5, 0.6) is 5.75 Å². The predicted molar refractivity (Wildman–Crippen MR) is 118 cm³/mol. The topological polar surface area (TPSA) is 58.6 Å². The van der Waals surface area contributed by atoms with E-state index in [1.165, 1.54) is 12.0 Å². The van der Waals surface area contributed by atoms with Crippen LogP contribution in [0.2, 0.25) is 0 Å². The lowest BCUT2D eigenvalue weighted by Crippen LogP contribution is -2.32. The standard InChI is InChI=1S/C25H22N2O3/c1-16-12-14-18(15-13-16)22-23(26-19-9-5-4-8-17(19)2)25(29)27(24(22)28)20-10-6-7-11-21(20)30-3/h4-15,26H,1-3H3. The number of imide groups is 1. The molecule has 1 N–H and O–H groups in total. The van der Waals surface area contributed by atoms with E-state index in [0.29, 0.717) is 22.6 Å². The zero-order valence-electron chi connectivity index (χ0n) is 17.1. The molecule has 3 aromatic carbocycles. The van der Waals surface area contributed by atoms with Gasteiger partial charge in [0.2, 0.25) is 0 Å². The van der Waals surface area contributed by atoms with Crippen molar-refractivity contribution in [3.63, 3.8) is 0 Å². The van der Waals surface area contributed by atoms with Crippen LogP contribution in [0.1, 0.15) is 16.7 Å². The molecule has 4 rings (SSSR count). The van der Waals surface area contributed by atoms with Gasteiger partial charge in [0.1, 0.15) is 11.4 Å². The lowest BCUT2D eigenvalue weighted by molar-refractivity contribution is -0.120. The van der Waals surface area contributed by atoms with E-state index < -0.39 is 5.91 Å². The van der Waals surface area contributed by atoms with Crippen LogP contribution in [0.3, 0.4) is 0 Å². The van der Waals surface area contributed by atoms with Crippen LogP contribution >= 0.6 is 0 Å². The SMILES string of the molecule is COc1ccccc1N1C(=O)C(Nc2ccccc2C)=C(c2ccc(C)cc2)C1=O. The number of hydrogen-bond acceptors (Lipinski definition) is 4. The second-order valence-corrected chi connectivity index (χ2v) is 7.17. The van der Waals surface area contributed by atoms with Crippen LogP contribution in [0, 0.1) is 13.8 Å². The zero-order chi connectivity index (χ0) is 21.3. The number of methoxy groups -OCH3 is 1. The average Bonchev–Trinajstić information content (AvgIpc) is 3.00. The Hall–Kier alpha value is -3.86. The van der Waals surface area contributed by atoms with E-state index in [0.717, 1.165) is 16.8 Å². The van der Waals surface area contributed by atoms with E-state index in [4.69, 9.17) is 4.74 Å². The van der Waals surface area contributed by atoms with Crippen LogP contribution in [-0.4, -0.2) is 18.9 Å². The highest BCUT2D eigenvalue weighted by Gasteiger charge is 2.41. The Morgan fingerprint density at radius 3 is 2.17 bits per heavy atom. The maximum atomic E-state index is 13.5. The highest BCUT2D eigenvalue weighted by molar-refractivity contribution is 6.46. The molecule has 5 nitrogen and oxygen atoms in total. The number of para-hydroxylation sites is 3. The fraction of sp³-hybridized carbons (Fsp3) is 0.120. The molecule has 0 bridgehead atoms. The molecular weight excluding hydrogens is 376 g/mol. The number of ether oxygens (including phenoxy) is 1. The third-order valence-corrected chi connectivity index (χ3v) is 5.15. The molecule has 0 atom stereocenters. The Kier molecular flexibility index (Phi) is 5.11. The largest absolute Gasteiger partial charge is 0.495 e. The number of anilines is 2. The Morgan fingerprint density at radius 1 is 0.800 bits per heavy atom. The van der Waals surface area contributed by atoms with E-state index >= 15 is 0 Å². The number of benzene rings is 3. The summed E-state index contributed by atoms with van der Waals surface area (Å²) in [5.74, 6) is -0.340. The summed E-state index contributed by atoms with van der Waals surface area (Å²) in [6.07, 6.45) is 0. The van der Waals surface area contributed by atoms with E-state index in [1.807, 2.05) is 62.4 Å². The Morgan fingerprint density at radius 2 is 1.47 bits per heavy atom. The molecule has 0 fully saturated rings. The second-order valence-electron chi connectivity index (χ2n) is 7.17. The number of nitrogens with one attached hydrogen (secondary N) is 1. The minimum Gasteiger partial charge on any atom is -0.495 e. The lowest BCUT2D eigenvalue weighted by atomic mass is 10.0. The Bertz CT molecular complexity index is 1160. The quantitative estimate of drug-likeness (QED) is 0.633. The molecule has 0 spiro atoms. The summed E-state index contributed by atoms with van der Waals surface area (Å²) in [6.45, 7) is 3.93. The van der Waals surface area contributed by atoms with Crippen LogP contribution in [0.25, 0.3) is 5.57 Å². The lowest BCUT2D eigenvalue weighted by Gasteiger charge is -2.18. The van der Waals surface area contributed by atoms with E-state index in [-0.39, 0.29) is 11.6 Å². The number of carbonyl (C=O) groups is 2. The predicted octanol–water partition coefficient (Wildman–Crippen LogP) is 4.71. The summed E-state index contributed by atoms with van der Waals surface area (Å²) in [4.78, 5) is 28.2. The first-order chi connectivity index (χ1) is 14.5. The molecule has 0 radical (unpaired) electrons. The normalized spacial score (nSPS) is 13.8. The van der Waals surface area contributed by atoms with Gasteiger partial charge in [0.05, 0.1) is 18.4 Å². The number of amides is 2. The molecule has 150 valence electrons. The Labute approximate surface area is 175 Å². The van der Waals surface area contributed by atoms with Crippen LogP contribution in [0.4, 0.5) is 11.4 Å². The number of rotatable bonds is 5. The number of hydrogen-bond donors (Lipinski definition) is 1. The van der Waals surface area contributed by atoms with Gasteiger partial charge in [0, 0.05) is 5.69 Å². The minimum absolute atomic E-state index is 0.254. The molecule has 2 amide bonds. The molecule has 5 heteroatoms. The van der Waals surface area contributed by atoms with Gasteiger partial charge in [-0.2, -0.15) is 0 Å². The molecule has 0 saturated heterocycles. The van der Waals surface area contributed by atoms with Gasteiger partial charge in [0.25, 0.3) is 11.8 Å². The Balaban J connectivity index is 1.86. The maximum Gasteiger partial charge on any atom is 0.282 e. The van der Waals surface area contributed by atoms with Crippen LogP contribution < -0.4 is 15.0 Å². The molecule has 0 aliphatic carbocycles. The van der Waals surface area contributed by atoms with Gasteiger partial charge in [-0.3, -0.25) is 9.59 Å². The van der Waals surface area contributed by atoms with Gasteiger partial charge in [-0.1, -0.05) is 60.2 Å². The average molecular weight is 398 g/mol. The summed E-state index contributed by atoms with van der Waals surface area (Å²) in [5.41, 5.74) is 4.53. The molecule has 0 saturated carbocycles. The summed E-state index contributed by atoms with van der Waals surface area (Å²) in [5, 5.41) is 3.22. The fourth-order valence-electron chi connectivity index (χ4n) is 3.51. The van der Waals surface area contributed by atoms with Crippen molar-refractivity contribution < 1.29 is 14.3 Å². The smallest absolute Gasteiger partial charge is 0.282 e. The highest BCUT2D eigenvalue weighted by Crippen LogP contribution is 2.38. The summed E-state index contributed by atoms with van der Waals surface area (Å²) >= 11 is 0. The number of carbonyl (C=O) groups excluding carboxylic acids is 2. The fourth-order valence-corrected chi connectivity index (χ4v) is 3.51. The van der Waals surface area contributed by atoms with Crippen LogP contribution in [-0.2, 0) is 9.59 Å². The van der Waals surface area contributed by atoms with Gasteiger partial charge in [-0.05, 0) is 43.2 Å².